The van der Waals surface area contributed by atoms with Crippen LogP contribution in [-0.2, 0) is 0 Å². The number of rotatable bonds is 5. The molecule has 0 aromatic rings. The summed E-state index contributed by atoms with van der Waals surface area (Å²) in [5.74, 6) is 0. The summed E-state index contributed by atoms with van der Waals surface area (Å²) in [6.07, 6.45) is 6.11. The van der Waals surface area contributed by atoms with E-state index in [0.29, 0.717) is 0 Å². The SMILES string of the molecule is C=CN(C)C/C=C\CN(C)C. The fourth-order valence-corrected chi connectivity index (χ4v) is 0.601. The minimum Gasteiger partial charge on any atom is -0.377 e. The summed E-state index contributed by atoms with van der Waals surface area (Å²) in [5, 5.41) is 0. The molecule has 2 heteroatoms. The lowest BCUT2D eigenvalue weighted by molar-refractivity contribution is 0.453. The quantitative estimate of drug-likeness (QED) is 0.549. The van der Waals surface area contributed by atoms with Gasteiger partial charge >= 0.3 is 0 Å². The summed E-state index contributed by atoms with van der Waals surface area (Å²) in [5.41, 5.74) is 0. The Bertz CT molecular complexity index is 128. The van der Waals surface area contributed by atoms with E-state index < -0.39 is 0 Å². The van der Waals surface area contributed by atoms with E-state index >= 15 is 0 Å². The topological polar surface area (TPSA) is 6.48 Å². The van der Waals surface area contributed by atoms with Gasteiger partial charge in [-0.1, -0.05) is 18.7 Å². The van der Waals surface area contributed by atoms with Crippen molar-refractivity contribution in [3.8, 4) is 0 Å². The van der Waals surface area contributed by atoms with Gasteiger partial charge in [-0.3, -0.25) is 0 Å². The zero-order valence-electron chi connectivity index (χ0n) is 7.75. The molecule has 0 aliphatic heterocycles. The van der Waals surface area contributed by atoms with Gasteiger partial charge in [-0.05, 0) is 20.3 Å². The van der Waals surface area contributed by atoms with Crippen molar-refractivity contribution in [3.05, 3.63) is 24.9 Å². The third-order valence-corrected chi connectivity index (χ3v) is 1.34. The number of hydrogen-bond donors (Lipinski definition) is 0. The highest BCUT2D eigenvalue weighted by atomic mass is 15.1. The minimum absolute atomic E-state index is 0.942. The van der Waals surface area contributed by atoms with E-state index in [-0.39, 0.29) is 0 Å². The Morgan fingerprint density at radius 2 is 1.64 bits per heavy atom. The molecule has 0 heterocycles. The Balaban J connectivity index is 3.36. The van der Waals surface area contributed by atoms with E-state index in [0.717, 1.165) is 13.1 Å². The van der Waals surface area contributed by atoms with E-state index in [1.807, 2.05) is 18.1 Å². The fraction of sp³-hybridized carbons (Fsp3) is 0.556. The smallest absolute Gasteiger partial charge is 0.0351 e. The molecule has 0 spiro atoms. The molecule has 0 saturated heterocycles. The molecule has 0 aliphatic rings. The predicted molar refractivity (Wildman–Crippen MR) is 50.5 cm³/mol. The molecular formula is C9H18N2. The van der Waals surface area contributed by atoms with Gasteiger partial charge in [0.1, 0.15) is 0 Å². The van der Waals surface area contributed by atoms with E-state index in [2.05, 4.69) is 37.7 Å². The lowest BCUT2D eigenvalue weighted by Crippen LogP contribution is -2.12. The van der Waals surface area contributed by atoms with Crippen molar-refractivity contribution in [3.63, 3.8) is 0 Å². The zero-order valence-corrected chi connectivity index (χ0v) is 7.75. The summed E-state index contributed by atoms with van der Waals surface area (Å²) < 4.78 is 0. The molecule has 0 radical (unpaired) electrons. The highest BCUT2D eigenvalue weighted by molar-refractivity contribution is 4.87. The Morgan fingerprint density at radius 1 is 1.09 bits per heavy atom. The van der Waals surface area contributed by atoms with Gasteiger partial charge in [-0.25, -0.2) is 0 Å². The van der Waals surface area contributed by atoms with Gasteiger partial charge < -0.3 is 9.80 Å². The molecule has 0 amide bonds. The summed E-state index contributed by atoms with van der Waals surface area (Å²) in [4.78, 5) is 4.16. The highest BCUT2D eigenvalue weighted by Crippen LogP contribution is 1.83. The van der Waals surface area contributed by atoms with Crippen LogP contribution >= 0.6 is 0 Å². The molecule has 0 rings (SSSR count). The Morgan fingerprint density at radius 3 is 2.09 bits per heavy atom. The second-order valence-corrected chi connectivity index (χ2v) is 2.86. The first-order valence-corrected chi connectivity index (χ1v) is 3.79. The maximum atomic E-state index is 3.66. The van der Waals surface area contributed by atoms with Gasteiger partial charge in [-0.15, -0.1) is 0 Å². The summed E-state index contributed by atoms with van der Waals surface area (Å²) in [6, 6.07) is 0. The highest BCUT2D eigenvalue weighted by Gasteiger charge is 1.84. The van der Waals surface area contributed by atoms with Crippen LogP contribution in [0.25, 0.3) is 0 Å². The van der Waals surface area contributed by atoms with Crippen molar-refractivity contribution >= 4 is 0 Å². The summed E-state index contributed by atoms with van der Waals surface area (Å²) in [7, 11) is 6.12. The molecule has 2 nitrogen and oxygen atoms in total. The van der Waals surface area contributed by atoms with E-state index in [4.69, 9.17) is 0 Å². The van der Waals surface area contributed by atoms with Gasteiger partial charge in [0.15, 0.2) is 0 Å². The lowest BCUT2D eigenvalue weighted by atomic mass is 10.4. The van der Waals surface area contributed by atoms with Crippen molar-refractivity contribution in [2.45, 2.75) is 0 Å². The Labute approximate surface area is 69.8 Å². The number of nitrogens with zero attached hydrogens (tertiary/aromatic N) is 2. The standard InChI is InChI=1S/C9H18N2/c1-5-11(4)9-7-6-8-10(2)3/h5-7H,1,8-9H2,2-4H3/b7-6-. The average Bonchev–Trinajstić information content (AvgIpc) is 1.97. The molecule has 0 aromatic carbocycles. The van der Waals surface area contributed by atoms with Crippen LogP contribution in [0.2, 0.25) is 0 Å². The molecule has 0 aliphatic carbocycles. The second-order valence-electron chi connectivity index (χ2n) is 2.86. The van der Waals surface area contributed by atoms with E-state index in [1.54, 1.807) is 0 Å². The molecule has 0 fully saturated rings. The third kappa shape index (κ3) is 7.13. The van der Waals surface area contributed by atoms with Gasteiger partial charge in [0, 0.05) is 20.1 Å². The van der Waals surface area contributed by atoms with Crippen LogP contribution in [0.15, 0.2) is 24.9 Å². The Hall–Kier alpha value is -0.760. The van der Waals surface area contributed by atoms with Gasteiger partial charge in [0.25, 0.3) is 0 Å². The Kier molecular flexibility index (Phi) is 5.57. The molecule has 64 valence electrons. The van der Waals surface area contributed by atoms with Gasteiger partial charge in [0.05, 0.1) is 0 Å². The molecule has 0 bridgehead atoms. The monoisotopic (exact) mass is 154 g/mol. The second kappa shape index (κ2) is 5.98. The van der Waals surface area contributed by atoms with Crippen LogP contribution in [0.3, 0.4) is 0 Å². The van der Waals surface area contributed by atoms with E-state index in [9.17, 15) is 0 Å². The van der Waals surface area contributed by atoms with Crippen LogP contribution in [0, 0.1) is 0 Å². The maximum absolute atomic E-state index is 3.66. The van der Waals surface area contributed by atoms with Crippen molar-refractivity contribution < 1.29 is 0 Å². The van der Waals surface area contributed by atoms with E-state index in [1.165, 1.54) is 0 Å². The lowest BCUT2D eigenvalue weighted by Gasteiger charge is -2.09. The van der Waals surface area contributed by atoms with Crippen molar-refractivity contribution in [2.24, 2.45) is 0 Å². The predicted octanol–water partition coefficient (Wildman–Crippen LogP) is 1.18. The molecule has 0 N–H and O–H groups in total. The van der Waals surface area contributed by atoms with Gasteiger partial charge in [0.2, 0.25) is 0 Å². The van der Waals surface area contributed by atoms with Crippen LogP contribution in [0.5, 0.6) is 0 Å². The molecule has 11 heavy (non-hydrogen) atoms. The normalized spacial score (nSPS) is 10.9. The molecule has 0 atom stereocenters. The molecule has 0 unspecified atom stereocenters. The van der Waals surface area contributed by atoms with Crippen LogP contribution in [0.4, 0.5) is 0 Å². The third-order valence-electron chi connectivity index (χ3n) is 1.34. The van der Waals surface area contributed by atoms with Crippen LogP contribution in [0.1, 0.15) is 0 Å². The van der Waals surface area contributed by atoms with Crippen molar-refractivity contribution in [1.29, 1.82) is 0 Å². The molecule has 0 saturated carbocycles. The molecular weight excluding hydrogens is 136 g/mol. The van der Waals surface area contributed by atoms with Crippen LogP contribution < -0.4 is 0 Å². The average molecular weight is 154 g/mol. The first kappa shape index (κ1) is 10.2. The maximum Gasteiger partial charge on any atom is 0.0351 e. The number of likely N-dealkylation sites (N-methyl/N-ethyl adjacent to an activating group) is 2. The summed E-state index contributed by atoms with van der Waals surface area (Å²) >= 11 is 0. The summed E-state index contributed by atoms with van der Waals surface area (Å²) in [6.45, 7) is 5.60. The largest absolute Gasteiger partial charge is 0.377 e. The fourth-order valence-electron chi connectivity index (χ4n) is 0.601. The van der Waals surface area contributed by atoms with Crippen molar-refractivity contribution in [2.75, 3.05) is 34.2 Å². The van der Waals surface area contributed by atoms with Gasteiger partial charge in [-0.2, -0.15) is 0 Å². The van der Waals surface area contributed by atoms with Crippen LogP contribution in [-0.4, -0.2) is 44.0 Å². The first-order valence-electron chi connectivity index (χ1n) is 3.79. The minimum atomic E-state index is 0.942. The first-order chi connectivity index (χ1) is 5.16. The zero-order chi connectivity index (χ0) is 8.69. The van der Waals surface area contributed by atoms with Crippen molar-refractivity contribution in [1.82, 2.24) is 9.80 Å². The number of hydrogen-bond acceptors (Lipinski definition) is 2. The molecule has 0 aromatic heterocycles.